The maximum Gasteiger partial charge on any atom is 0.305 e. The lowest BCUT2D eigenvalue weighted by molar-refractivity contribution is -0.138. The Morgan fingerprint density at radius 3 is 1.95 bits per heavy atom. The number of rotatable bonds is 9. The highest BCUT2D eigenvalue weighted by Crippen LogP contribution is 2.23. The molecule has 0 radical (unpaired) electrons. The van der Waals surface area contributed by atoms with Crippen LogP contribution in [0.2, 0.25) is 0 Å². The molecule has 0 saturated heterocycles. The molecule has 1 atom stereocenters. The van der Waals surface area contributed by atoms with Crippen LogP contribution in [0.5, 0.6) is 0 Å². The largest absolute Gasteiger partial charge is 0.481 e. The van der Waals surface area contributed by atoms with E-state index in [1.54, 1.807) is 0 Å². The lowest BCUT2D eigenvalue weighted by atomic mass is 9.86. The lowest BCUT2D eigenvalue weighted by Gasteiger charge is -2.27. The van der Waals surface area contributed by atoms with Gasteiger partial charge in [0.25, 0.3) is 0 Å². The summed E-state index contributed by atoms with van der Waals surface area (Å²) in [5, 5.41) is 11.9. The summed E-state index contributed by atoms with van der Waals surface area (Å²) in [7, 11) is 0. The van der Waals surface area contributed by atoms with Crippen molar-refractivity contribution in [2.45, 2.75) is 79.2 Å². The summed E-state index contributed by atoms with van der Waals surface area (Å²) >= 11 is 0. The Morgan fingerprint density at radius 1 is 1.10 bits per heavy atom. The van der Waals surface area contributed by atoms with Gasteiger partial charge in [0.15, 0.2) is 0 Å². The van der Waals surface area contributed by atoms with Crippen molar-refractivity contribution in [2.24, 2.45) is 11.3 Å². The Kier molecular flexibility index (Phi) is 8.51. The maximum atomic E-state index is 12.3. The second kappa shape index (κ2) is 8.98. The van der Waals surface area contributed by atoms with Crippen LogP contribution in [0.25, 0.3) is 0 Å². The van der Waals surface area contributed by atoms with Gasteiger partial charge in [-0.1, -0.05) is 47.5 Å². The number of nitrogens with one attached hydrogen (secondary N) is 1. The standard InChI is InChI=1S/C16H31NO3/c1-6-8-12(9-7-2)15(20)17-13(10-14(18)19)11-16(3,4)5/h12-13H,6-11H2,1-5H3,(H,17,20)(H,18,19). The number of carbonyl (C=O) groups is 2. The zero-order valence-electron chi connectivity index (χ0n) is 13.7. The highest BCUT2D eigenvalue weighted by Gasteiger charge is 2.25. The van der Waals surface area contributed by atoms with E-state index in [-0.39, 0.29) is 29.7 Å². The normalized spacial score (nSPS) is 13.3. The van der Waals surface area contributed by atoms with Gasteiger partial charge in [0, 0.05) is 12.0 Å². The molecule has 0 heterocycles. The molecule has 0 saturated carbocycles. The summed E-state index contributed by atoms with van der Waals surface area (Å²) in [5.41, 5.74) is -0.00158. The lowest BCUT2D eigenvalue weighted by Crippen LogP contribution is -2.42. The summed E-state index contributed by atoms with van der Waals surface area (Å²) in [6.07, 6.45) is 4.36. The number of carbonyl (C=O) groups excluding carboxylic acids is 1. The topological polar surface area (TPSA) is 66.4 Å². The van der Waals surface area contributed by atoms with Crippen molar-refractivity contribution in [3.8, 4) is 0 Å². The fourth-order valence-electron chi connectivity index (χ4n) is 2.55. The molecule has 118 valence electrons. The molecule has 1 unspecified atom stereocenters. The van der Waals surface area contributed by atoms with Crippen molar-refractivity contribution in [1.82, 2.24) is 5.32 Å². The van der Waals surface area contributed by atoms with Crippen LogP contribution in [0, 0.1) is 11.3 Å². The van der Waals surface area contributed by atoms with Crippen molar-refractivity contribution in [2.75, 3.05) is 0 Å². The van der Waals surface area contributed by atoms with Gasteiger partial charge < -0.3 is 10.4 Å². The minimum absolute atomic E-state index is 0.00158. The minimum Gasteiger partial charge on any atom is -0.481 e. The third-order valence-electron chi connectivity index (χ3n) is 3.27. The summed E-state index contributed by atoms with van der Waals surface area (Å²) in [6, 6.07) is -0.281. The number of carboxylic acids is 1. The average Bonchev–Trinajstić information content (AvgIpc) is 2.25. The Bertz CT molecular complexity index is 301. The van der Waals surface area contributed by atoms with E-state index in [9.17, 15) is 9.59 Å². The van der Waals surface area contributed by atoms with E-state index in [4.69, 9.17) is 5.11 Å². The molecule has 0 fully saturated rings. The summed E-state index contributed by atoms with van der Waals surface area (Å²) in [6.45, 7) is 10.3. The monoisotopic (exact) mass is 285 g/mol. The van der Waals surface area contributed by atoms with Gasteiger partial charge in [-0.15, -0.1) is 0 Å². The van der Waals surface area contributed by atoms with Gasteiger partial charge >= 0.3 is 5.97 Å². The molecule has 0 aliphatic heterocycles. The SMILES string of the molecule is CCCC(CCC)C(=O)NC(CC(=O)O)CC(C)(C)C. The third-order valence-corrected chi connectivity index (χ3v) is 3.27. The first kappa shape index (κ1) is 18.9. The molecule has 0 bridgehead atoms. The number of amides is 1. The van der Waals surface area contributed by atoms with E-state index in [0.29, 0.717) is 6.42 Å². The fourth-order valence-corrected chi connectivity index (χ4v) is 2.55. The molecule has 0 aromatic heterocycles. The van der Waals surface area contributed by atoms with Crippen LogP contribution in [0.3, 0.4) is 0 Å². The Morgan fingerprint density at radius 2 is 1.60 bits per heavy atom. The molecule has 0 aliphatic rings. The molecule has 0 aromatic rings. The van der Waals surface area contributed by atoms with Crippen LogP contribution in [0.15, 0.2) is 0 Å². The molecule has 4 nitrogen and oxygen atoms in total. The van der Waals surface area contributed by atoms with E-state index in [1.807, 2.05) is 0 Å². The zero-order valence-corrected chi connectivity index (χ0v) is 13.7. The molecule has 1 amide bonds. The maximum absolute atomic E-state index is 12.3. The van der Waals surface area contributed by atoms with E-state index in [2.05, 4.69) is 39.9 Å². The molecule has 4 heteroatoms. The van der Waals surface area contributed by atoms with Crippen LogP contribution in [-0.4, -0.2) is 23.0 Å². The second-order valence-corrected chi connectivity index (χ2v) is 6.84. The molecule has 2 N–H and O–H groups in total. The fraction of sp³-hybridized carbons (Fsp3) is 0.875. The number of carboxylic acid groups (broad SMARTS) is 1. The second-order valence-electron chi connectivity index (χ2n) is 6.84. The predicted molar refractivity (Wildman–Crippen MR) is 81.6 cm³/mol. The zero-order chi connectivity index (χ0) is 15.8. The molecule has 0 rings (SSSR count). The van der Waals surface area contributed by atoms with Crippen molar-refractivity contribution in [3.63, 3.8) is 0 Å². The van der Waals surface area contributed by atoms with Crippen LogP contribution < -0.4 is 5.32 Å². The molecular weight excluding hydrogens is 254 g/mol. The smallest absolute Gasteiger partial charge is 0.305 e. The molecular formula is C16H31NO3. The van der Waals surface area contributed by atoms with Gasteiger partial charge in [-0.05, 0) is 24.7 Å². The van der Waals surface area contributed by atoms with E-state index < -0.39 is 5.97 Å². The van der Waals surface area contributed by atoms with Gasteiger partial charge in [0.05, 0.1) is 6.42 Å². The van der Waals surface area contributed by atoms with Crippen molar-refractivity contribution < 1.29 is 14.7 Å². The Balaban J connectivity index is 4.67. The van der Waals surface area contributed by atoms with Gasteiger partial charge in [-0.2, -0.15) is 0 Å². The first-order chi connectivity index (χ1) is 9.19. The summed E-state index contributed by atoms with van der Waals surface area (Å²) in [5.74, 6) is -0.826. The van der Waals surface area contributed by atoms with E-state index in [0.717, 1.165) is 25.7 Å². The van der Waals surface area contributed by atoms with Crippen molar-refractivity contribution >= 4 is 11.9 Å². The number of aliphatic carboxylic acids is 1. The van der Waals surface area contributed by atoms with Crippen LogP contribution >= 0.6 is 0 Å². The summed E-state index contributed by atoms with van der Waals surface area (Å²) < 4.78 is 0. The Hall–Kier alpha value is -1.06. The number of hydrogen-bond acceptors (Lipinski definition) is 2. The molecule has 0 aliphatic carbocycles. The highest BCUT2D eigenvalue weighted by atomic mass is 16.4. The van der Waals surface area contributed by atoms with Crippen LogP contribution in [-0.2, 0) is 9.59 Å². The third kappa shape index (κ3) is 8.94. The van der Waals surface area contributed by atoms with Gasteiger partial charge in [-0.25, -0.2) is 0 Å². The van der Waals surface area contributed by atoms with Crippen LogP contribution in [0.4, 0.5) is 0 Å². The van der Waals surface area contributed by atoms with E-state index >= 15 is 0 Å². The average molecular weight is 285 g/mol. The predicted octanol–water partition coefficient (Wildman–Crippen LogP) is 3.60. The Labute approximate surface area is 123 Å². The molecule has 20 heavy (non-hydrogen) atoms. The van der Waals surface area contributed by atoms with Crippen molar-refractivity contribution in [3.05, 3.63) is 0 Å². The molecule has 0 spiro atoms. The first-order valence-corrected chi connectivity index (χ1v) is 7.71. The highest BCUT2D eigenvalue weighted by molar-refractivity contribution is 5.79. The number of hydrogen-bond donors (Lipinski definition) is 2. The van der Waals surface area contributed by atoms with E-state index in [1.165, 1.54) is 0 Å². The van der Waals surface area contributed by atoms with Gasteiger partial charge in [0.1, 0.15) is 0 Å². The van der Waals surface area contributed by atoms with Gasteiger partial charge in [0.2, 0.25) is 5.91 Å². The van der Waals surface area contributed by atoms with Gasteiger partial charge in [-0.3, -0.25) is 9.59 Å². The minimum atomic E-state index is -0.859. The summed E-state index contributed by atoms with van der Waals surface area (Å²) in [4.78, 5) is 23.2. The first-order valence-electron chi connectivity index (χ1n) is 7.71. The quantitative estimate of drug-likeness (QED) is 0.680. The molecule has 0 aromatic carbocycles. The van der Waals surface area contributed by atoms with Crippen LogP contribution in [0.1, 0.15) is 73.1 Å². The van der Waals surface area contributed by atoms with Crippen molar-refractivity contribution in [1.29, 1.82) is 0 Å².